The number of carbonyl (C=O) groups excluding carboxylic acids is 1. The first-order valence-electron chi connectivity index (χ1n) is 9.39. The zero-order valence-electron chi connectivity index (χ0n) is 14.5. The molecule has 2 aliphatic heterocycles. The Morgan fingerprint density at radius 2 is 2.08 bits per heavy atom. The van der Waals surface area contributed by atoms with Crippen molar-refractivity contribution in [3.8, 4) is 0 Å². The van der Waals surface area contributed by atoms with E-state index in [1.54, 1.807) is 10.9 Å². The van der Waals surface area contributed by atoms with E-state index in [0.29, 0.717) is 17.5 Å². The Balaban J connectivity index is 1.41. The van der Waals surface area contributed by atoms with Gasteiger partial charge >= 0.3 is 0 Å². The zero-order valence-corrected chi connectivity index (χ0v) is 14.5. The summed E-state index contributed by atoms with van der Waals surface area (Å²) in [6, 6.07) is 0.905. The Morgan fingerprint density at radius 3 is 2.75 bits per heavy atom. The lowest BCUT2D eigenvalue weighted by Crippen LogP contribution is -2.42. The van der Waals surface area contributed by atoms with Gasteiger partial charge in [-0.2, -0.15) is 5.10 Å². The third-order valence-corrected chi connectivity index (χ3v) is 5.86. The maximum atomic E-state index is 12.6. The number of likely N-dealkylation sites (tertiary alicyclic amines) is 1. The number of rotatable bonds is 5. The number of amides is 1. The summed E-state index contributed by atoms with van der Waals surface area (Å²) in [6.45, 7) is 6.69. The summed E-state index contributed by atoms with van der Waals surface area (Å²) < 4.78 is 7.30. The second-order valence-electron chi connectivity index (χ2n) is 7.46. The molecule has 1 aromatic rings. The van der Waals surface area contributed by atoms with Crippen LogP contribution in [0.25, 0.3) is 0 Å². The molecule has 4 rings (SSSR count). The summed E-state index contributed by atoms with van der Waals surface area (Å²) in [5, 5.41) is 7.52. The molecular weight excluding hydrogens is 304 g/mol. The quantitative estimate of drug-likeness (QED) is 0.888. The lowest BCUT2D eigenvalue weighted by Gasteiger charge is -2.31. The van der Waals surface area contributed by atoms with Crippen LogP contribution in [0.15, 0.2) is 12.4 Å². The average Bonchev–Trinajstić information content (AvgIpc) is 3.19. The highest BCUT2D eigenvalue weighted by Crippen LogP contribution is 2.42. The van der Waals surface area contributed by atoms with Crippen LogP contribution in [0.4, 0.5) is 0 Å². The fraction of sp³-hybridized carbons (Fsp3) is 0.778. The standard InChI is InChI=1S/C18H28N4O2/c1-2-22-10-14(9-19-22)18(23)20-17-12-21(11-16(17)13-3-4-13)15-5-7-24-8-6-15/h9-10,13,15-17H,2-8,11-12H2,1H3,(H,20,23)/t16-,17+/m0/s1. The molecule has 0 bridgehead atoms. The summed E-state index contributed by atoms with van der Waals surface area (Å²) in [6.07, 6.45) is 8.42. The molecule has 24 heavy (non-hydrogen) atoms. The van der Waals surface area contributed by atoms with Crippen LogP contribution in [0, 0.1) is 11.8 Å². The van der Waals surface area contributed by atoms with E-state index in [1.165, 1.54) is 12.8 Å². The molecule has 1 saturated carbocycles. The first kappa shape index (κ1) is 16.1. The normalized spacial score (nSPS) is 29.0. The molecule has 132 valence electrons. The van der Waals surface area contributed by atoms with Crippen molar-refractivity contribution in [2.24, 2.45) is 11.8 Å². The average molecular weight is 332 g/mol. The number of aromatic nitrogens is 2. The minimum absolute atomic E-state index is 0.0270. The predicted octanol–water partition coefficient (Wildman–Crippen LogP) is 1.52. The van der Waals surface area contributed by atoms with Crippen LogP contribution in [-0.4, -0.2) is 59.0 Å². The van der Waals surface area contributed by atoms with Gasteiger partial charge < -0.3 is 10.1 Å². The molecule has 3 aliphatic rings. The number of ether oxygens (including phenoxy) is 1. The minimum atomic E-state index is 0.0270. The molecule has 1 aromatic heterocycles. The molecule has 0 aromatic carbocycles. The fourth-order valence-corrected chi connectivity index (χ4v) is 4.27. The van der Waals surface area contributed by atoms with Gasteiger partial charge in [0, 0.05) is 51.1 Å². The van der Waals surface area contributed by atoms with Gasteiger partial charge in [-0.25, -0.2) is 0 Å². The van der Waals surface area contributed by atoms with E-state index in [-0.39, 0.29) is 11.9 Å². The van der Waals surface area contributed by atoms with E-state index in [0.717, 1.165) is 51.6 Å². The lowest BCUT2D eigenvalue weighted by atomic mass is 9.98. The van der Waals surface area contributed by atoms with Crippen molar-refractivity contribution in [1.82, 2.24) is 20.0 Å². The van der Waals surface area contributed by atoms with Gasteiger partial charge in [-0.05, 0) is 44.4 Å². The van der Waals surface area contributed by atoms with Crippen LogP contribution in [0.2, 0.25) is 0 Å². The van der Waals surface area contributed by atoms with Gasteiger partial charge in [0.15, 0.2) is 0 Å². The number of carbonyl (C=O) groups is 1. The van der Waals surface area contributed by atoms with Gasteiger partial charge in [0.2, 0.25) is 0 Å². The molecule has 0 spiro atoms. The Morgan fingerprint density at radius 1 is 1.29 bits per heavy atom. The summed E-state index contributed by atoms with van der Waals surface area (Å²) >= 11 is 0. The smallest absolute Gasteiger partial charge is 0.254 e. The van der Waals surface area contributed by atoms with E-state index in [1.807, 2.05) is 13.1 Å². The third-order valence-electron chi connectivity index (χ3n) is 5.86. The van der Waals surface area contributed by atoms with E-state index < -0.39 is 0 Å². The third kappa shape index (κ3) is 3.35. The van der Waals surface area contributed by atoms with Crippen molar-refractivity contribution >= 4 is 5.91 Å². The number of hydrogen-bond donors (Lipinski definition) is 1. The van der Waals surface area contributed by atoms with Crippen molar-refractivity contribution in [3.63, 3.8) is 0 Å². The van der Waals surface area contributed by atoms with Crippen LogP contribution < -0.4 is 5.32 Å². The van der Waals surface area contributed by atoms with E-state index >= 15 is 0 Å². The Labute approximate surface area is 143 Å². The second kappa shape index (κ2) is 6.84. The van der Waals surface area contributed by atoms with Crippen LogP contribution in [-0.2, 0) is 11.3 Å². The van der Waals surface area contributed by atoms with Crippen molar-refractivity contribution < 1.29 is 9.53 Å². The van der Waals surface area contributed by atoms with Gasteiger partial charge in [-0.3, -0.25) is 14.4 Å². The van der Waals surface area contributed by atoms with Crippen molar-refractivity contribution in [3.05, 3.63) is 18.0 Å². The maximum absolute atomic E-state index is 12.6. The number of aryl methyl sites for hydroxylation is 1. The SMILES string of the molecule is CCn1cc(C(=O)N[C@@H]2CN(C3CCOCC3)C[C@H]2C2CC2)cn1. The molecule has 0 radical (unpaired) electrons. The van der Waals surface area contributed by atoms with Gasteiger partial charge in [-0.1, -0.05) is 0 Å². The Hall–Kier alpha value is -1.40. The largest absolute Gasteiger partial charge is 0.381 e. The molecule has 6 heteroatoms. The number of nitrogens with one attached hydrogen (secondary N) is 1. The highest BCUT2D eigenvalue weighted by atomic mass is 16.5. The molecule has 3 fully saturated rings. The molecule has 1 amide bonds. The molecule has 1 aliphatic carbocycles. The zero-order chi connectivity index (χ0) is 16.5. The monoisotopic (exact) mass is 332 g/mol. The summed E-state index contributed by atoms with van der Waals surface area (Å²) in [5.41, 5.74) is 0.677. The van der Waals surface area contributed by atoms with Crippen LogP contribution in [0.1, 0.15) is 43.0 Å². The van der Waals surface area contributed by atoms with Crippen molar-refractivity contribution in [1.29, 1.82) is 0 Å². The summed E-state index contributed by atoms with van der Waals surface area (Å²) in [5.74, 6) is 1.44. The van der Waals surface area contributed by atoms with Crippen molar-refractivity contribution in [2.75, 3.05) is 26.3 Å². The number of hydrogen-bond acceptors (Lipinski definition) is 4. The second-order valence-corrected chi connectivity index (χ2v) is 7.46. The van der Waals surface area contributed by atoms with E-state index in [9.17, 15) is 4.79 Å². The minimum Gasteiger partial charge on any atom is -0.381 e. The molecule has 6 nitrogen and oxygen atoms in total. The van der Waals surface area contributed by atoms with Gasteiger partial charge in [0.1, 0.15) is 0 Å². The van der Waals surface area contributed by atoms with E-state index in [4.69, 9.17) is 4.74 Å². The molecule has 2 saturated heterocycles. The van der Waals surface area contributed by atoms with Crippen LogP contribution in [0.3, 0.4) is 0 Å². The maximum Gasteiger partial charge on any atom is 0.254 e. The summed E-state index contributed by atoms with van der Waals surface area (Å²) in [7, 11) is 0. The first-order valence-corrected chi connectivity index (χ1v) is 9.39. The Bertz CT molecular complexity index is 577. The molecule has 1 N–H and O–H groups in total. The molecular formula is C18H28N4O2. The van der Waals surface area contributed by atoms with Crippen LogP contribution >= 0.6 is 0 Å². The van der Waals surface area contributed by atoms with E-state index in [2.05, 4.69) is 15.3 Å². The lowest BCUT2D eigenvalue weighted by molar-refractivity contribution is 0.0404. The fourth-order valence-electron chi connectivity index (χ4n) is 4.27. The predicted molar refractivity (Wildman–Crippen MR) is 90.8 cm³/mol. The van der Waals surface area contributed by atoms with Crippen molar-refractivity contribution in [2.45, 2.75) is 51.2 Å². The Kier molecular flexibility index (Phi) is 4.59. The highest BCUT2D eigenvalue weighted by molar-refractivity contribution is 5.93. The number of nitrogens with zero attached hydrogens (tertiary/aromatic N) is 3. The van der Waals surface area contributed by atoms with Gasteiger partial charge in [0.05, 0.1) is 11.8 Å². The molecule has 0 unspecified atom stereocenters. The molecule has 2 atom stereocenters. The highest BCUT2D eigenvalue weighted by Gasteiger charge is 2.44. The van der Waals surface area contributed by atoms with Gasteiger partial charge in [0.25, 0.3) is 5.91 Å². The van der Waals surface area contributed by atoms with Crippen LogP contribution in [0.5, 0.6) is 0 Å². The first-order chi connectivity index (χ1) is 11.7. The summed E-state index contributed by atoms with van der Waals surface area (Å²) in [4.78, 5) is 15.2. The topological polar surface area (TPSA) is 59.4 Å². The van der Waals surface area contributed by atoms with Gasteiger partial charge in [-0.15, -0.1) is 0 Å². The molecule has 3 heterocycles.